The van der Waals surface area contributed by atoms with E-state index in [0.29, 0.717) is 0 Å². The van der Waals surface area contributed by atoms with E-state index in [2.05, 4.69) is 29.1 Å². The van der Waals surface area contributed by atoms with Crippen LogP contribution in [0, 0.1) is 0 Å². The minimum atomic E-state index is 0.922. The second-order valence-electron chi connectivity index (χ2n) is 5.83. The van der Waals surface area contributed by atoms with E-state index < -0.39 is 0 Å². The Balaban J connectivity index is 1.89. The number of fused-ring (bicyclic) bond motifs is 1. The van der Waals surface area contributed by atoms with Crippen LogP contribution < -0.4 is 10.2 Å². The summed E-state index contributed by atoms with van der Waals surface area (Å²) in [6, 6.07) is 0. The van der Waals surface area contributed by atoms with Crippen LogP contribution >= 0.6 is 0 Å². The lowest BCUT2D eigenvalue weighted by atomic mass is 9.96. The maximum absolute atomic E-state index is 4.86. The van der Waals surface area contributed by atoms with E-state index in [0.717, 1.165) is 57.3 Å². The van der Waals surface area contributed by atoms with Crippen LogP contribution in [-0.2, 0) is 12.8 Å². The van der Waals surface area contributed by atoms with Gasteiger partial charge in [0.15, 0.2) is 0 Å². The van der Waals surface area contributed by atoms with E-state index in [9.17, 15) is 0 Å². The number of anilines is 2. The molecule has 1 aromatic heterocycles. The third kappa shape index (κ3) is 2.73. The molecule has 20 heavy (non-hydrogen) atoms. The molecular formula is C15H25N5. The fraction of sp³-hybridized carbons (Fsp3) is 0.733. The zero-order valence-corrected chi connectivity index (χ0v) is 12.7. The summed E-state index contributed by atoms with van der Waals surface area (Å²) in [7, 11) is 2.18. The molecule has 0 spiro atoms. The number of hydrogen-bond donors (Lipinski definition) is 1. The van der Waals surface area contributed by atoms with Gasteiger partial charge in [0.1, 0.15) is 5.82 Å². The number of aryl methyl sites for hydroxylation is 1. The second-order valence-corrected chi connectivity index (χ2v) is 5.83. The number of likely N-dealkylation sites (N-methyl/N-ethyl adjacent to an activating group) is 1. The van der Waals surface area contributed by atoms with Gasteiger partial charge in [0, 0.05) is 38.3 Å². The molecule has 1 aliphatic heterocycles. The normalized spacial score (nSPS) is 19.8. The Morgan fingerprint density at radius 3 is 2.55 bits per heavy atom. The molecule has 0 saturated carbocycles. The smallest absolute Gasteiger partial charge is 0.227 e. The zero-order valence-electron chi connectivity index (χ0n) is 12.7. The van der Waals surface area contributed by atoms with Gasteiger partial charge in [0.2, 0.25) is 5.95 Å². The van der Waals surface area contributed by atoms with Crippen molar-refractivity contribution in [2.45, 2.75) is 32.6 Å². The Kier molecular flexibility index (Phi) is 4.05. The Labute approximate surface area is 121 Å². The standard InChI is InChI=1S/C15H25N5/c1-3-16-14-12-6-4-5-7-13(12)17-15(18-14)20-10-8-19(2)9-11-20/h3-11H2,1-2H3,(H,16,17,18). The van der Waals surface area contributed by atoms with E-state index >= 15 is 0 Å². The fourth-order valence-electron chi connectivity index (χ4n) is 3.04. The molecule has 1 N–H and O–H groups in total. The minimum Gasteiger partial charge on any atom is -0.370 e. The molecule has 1 fully saturated rings. The molecule has 0 atom stereocenters. The summed E-state index contributed by atoms with van der Waals surface area (Å²) in [5.74, 6) is 2.00. The Morgan fingerprint density at radius 2 is 1.80 bits per heavy atom. The van der Waals surface area contributed by atoms with E-state index in [1.807, 2.05) is 0 Å². The van der Waals surface area contributed by atoms with Crippen LogP contribution in [0.4, 0.5) is 11.8 Å². The first-order valence-electron chi connectivity index (χ1n) is 7.85. The number of hydrogen-bond acceptors (Lipinski definition) is 5. The summed E-state index contributed by atoms with van der Waals surface area (Å²) in [6.07, 6.45) is 4.76. The molecule has 5 nitrogen and oxygen atoms in total. The summed E-state index contributed by atoms with van der Waals surface area (Å²) in [6.45, 7) is 7.30. The van der Waals surface area contributed by atoms with Crippen molar-refractivity contribution in [1.29, 1.82) is 0 Å². The predicted molar refractivity (Wildman–Crippen MR) is 82.5 cm³/mol. The number of rotatable bonds is 3. The molecule has 2 aliphatic rings. The van der Waals surface area contributed by atoms with Gasteiger partial charge in [0.05, 0.1) is 5.69 Å². The monoisotopic (exact) mass is 275 g/mol. The van der Waals surface area contributed by atoms with Gasteiger partial charge in [-0.1, -0.05) is 0 Å². The molecule has 0 unspecified atom stereocenters. The SMILES string of the molecule is CCNc1nc(N2CCN(C)CC2)nc2c1CCCC2. The average Bonchev–Trinajstić information content (AvgIpc) is 2.48. The molecule has 1 aliphatic carbocycles. The van der Waals surface area contributed by atoms with Crippen LogP contribution in [0.15, 0.2) is 0 Å². The second kappa shape index (κ2) is 5.95. The lowest BCUT2D eigenvalue weighted by Gasteiger charge is -2.33. The van der Waals surface area contributed by atoms with Gasteiger partial charge in [0.25, 0.3) is 0 Å². The maximum atomic E-state index is 4.86. The molecule has 2 heterocycles. The van der Waals surface area contributed by atoms with Crippen molar-refractivity contribution in [1.82, 2.24) is 14.9 Å². The minimum absolute atomic E-state index is 0.922. The fourth-order valence-corrected chi connectivity index (χ4v) is 3.04. The van der Waals surface area contributed by atoms with Crippen LogP contribution in [0.1, 0.15) is 31.0 Å². The number of nitrogens with zero attached hydrogens (tertiary/aromatic N) is 4. The number of piperazine rings is 1. The number of nitrogens with one attached hydrogen (secondary N) is 1. The molecule has 110 valence electrons. The zero-order chi connectivity index (χ0) is 13.9. The average molecular weight is 275 g/mol. The van der Waals surface area contributed by atoms with Crippen molar-refractivity contribution in [3.05, 3.63) is 11.3 Å². The topological polar surface area (TPSA) is 44.3 Å². The summed E-state index contributed by atoms with van der Waals surface area (Å²) < 4.78 is 0. The predicted octanol–water partition coefficient (Wildman–Crippen LogP) is 1.54. The van der Waals surface area contributed by atoms with Gasteiger partial charge < -0.3 is 15.1 Å². The highest BCUT2D eigenvalue weighted by Gasteiger charge is 2.22. The Bertz CT molecular complexity index is 466. The van der Waals surface area contributed by atoms with E-state index in [1.165, 1.54) is 24.1 Å². The molecule has 0 aromatic carbocycles. The molecule has 1 saturated heterocycles. The van der Waals surface area contributed by atoms with Crippen LogP contribution in [-0.4, -0.2) is 54.6 Å². The van der Waals surface area contributed by atoms with Crippen molar-refractivity contribution in [3.63, 3.8) is 0 Å². The van der Waals surface area contributed by atoms with Gasteiger partial charge in [-0.25, -0.2) is 4.98 Å². The summed E-state index contributed by atoms with van der Waals surface area (Å²) in [5.41, 5.74) is 2.63. The van der Waals surface area contributed by atoms with Crippen LogP contribution in [0.3, 0.4) is 0 Å². The van der Waals surface area contributed by atoms with Gasteiger partial charge in [-0.3, -0.25) is 0 Å². The first-order valence-corrected chi connectivity index (χ1v) is 7.85. The first kappa shape index (κ1) is 13.6. The van der Waals surface area contributed by atoms with Crippen LogP contribution in [0.2, 0.25) is 0 Å². The Morgan fingerprint density at radius 1 is 1.05 bits per heavy atom. The lowest BCUT2D eigenvalue weighted by molar-refractivity contribution is 0.311. The molecule has 5 heteroatoms. The molecule has 0 radical (unpaired) electrons. The third-order valence-corrected chi connectivity index (χ3v) is 4.30. The highest BCUT2D eigenvalue weighted by molar-refractivity contribution is 5.52. The summed E-state index contributed by atoms with van der Waals surface area (Å²) >= 11 is 0. The molecule has 0 bridgehead atoms. The van der Waals surface area contributed by atoms with E-state index in [-0.39, 0.29) is 0 Å². The van der Waals surface area contributed by atoms with Crippen molar-refractivity contribution in [2.75, 3.05) is 50.0 Å². The molecule has 3 rings (SSSR count). The molecule has 1 aromatic rings. The van der Waals surface area contributed by atoms with Gasteiger partial charge in [-0.2, -0.15) is 4.98 Å². The van der Waals surface area contributed by atoms with E-state index in [1.54, 1.807) is 0 Å². The number of aromatic nitrogens is 2. The van der Waals surface area contributed by atoms with Gasteiger partial charge in [-0.05, 0) is 39.7 Å². The van der Waals surface area contributed by atoms with E-state index in [4.69, 9.17) is 9.97 Å². The maximum Gasteiger partial charge on any atom is 0.227 e. The quantitative estimate of drug-likeness (QED) is 0.906. The Hall–Kier alpha value is -1.36. The van der Waals surface area contributed by atoms with Crippen molar-refractivity contribution < 1.29 is 0 Å². The van der Waals surface area contributed by atoms with Crippen LogP contribution in [0.5, 0.6) is 0 Å². The highest BCUT2D eigenvalue weighted by Crippen LogP contribution is 2.27. The van der Waals surface area contributed by atoms with Gasteiger partial charge in [-0.15, -0.1) is 0 Å². The lowest BCUT2D eigenvalue weighted by Crippen LogP contribution is -2.45. The molecular weight excluding hydrogens is 250 g/mol. The molecule has 0 amide bonds. The highest BCUT2D eigenvalue weighted by atomic mass is 15.3. The van der Waals surface area contributed by atoms with Crippen molar-refractivity contribution >= 4 is 11.8 Å². The van der Waals surface area contributed by atoms with Crippen molar-refractivity contribution in [3.8, 4) is 0 Å². The third-order valence-electron chi connectivity index (χ3n) is 4.30. The first-order chi connectivity index (χ1) is 9.78. The summed E-state index contributed by atoms with van der Waals surface area (Å²) in [4.78, 5) is 14.4. The largest absolute Gasteiger partial charge is 0.370 e. The van der Waals surface area contributed by atoms with Gasteiger partial charge >= 0.3 is 0 Å². The van der Waals surface area contributed by atoms with Crippen LogP contribution in [0.25, 0.3) is 0 Å². The summed E-state index contributed by atoms with van der Waals surface area (Å²) in [5, 5.41) is 3.44. The van der Waals surface area contributed by atoms with Crippen molar-refractivity contribution in [2.24, 2.45) is 0 Å².